The number of anilines is 1. The van der Waals surface area contributed by atoms with Crippen molar-refractivity contribution in [1.82, 2.24) is 0 Å². The van der Waals surface area contributed by atoms with Crippen molar-refractivity contribution in [3.63, 3.8) is 0 Å². The molecule has 0 spiro atoms. The van der Waals surface area contributed by atoms with Crippen LogP contribution in [-0.4, -0.2) is 12.5 Å². The van der Waals surface area contributed by atoms with Crippen molar-refractivity contribution in [2.45, 2.75) is 6.42 Å². The Bertz CT molecular complexity index is 430. The lowest BCUT2D eigenvalue weighted by Gasteiger charge is -2.12. The van der Waals surface area contributed by atoms with Crippen LogP contribution >= 0.6 is 15.9 Å². The Hall–Kier alpha value is -1.27. The van der Waals surface area contributed by atoms with Crippen LogP contribution in [-0.2, 0) is 11.2 Å². The summed E-state index contributed by atoms with van der Waals surface area (Å²) in [7, 11) is 0. The molecule has 2 rings (SSSR count). The van der Waals surface area contributed by atoms with E-state index in [1.165, 1.54) is 5.56 Å². The largest absolute Gasteiger partial charge is 0.303 e. The van der Waals surface area contributed by atoms with Crippen molar-refractivity contribution in [3.8, 4) is 10.8 Å². The van der Waals surface area contributed by atoms with E-state index in [9.17, 15) is 4.79 Å². The Labute approximate surface area is 91.0 Å². The SMILES string of the molecule is O=C(C#CBr)N1CCc2ccccc21. The van der Waals surface area contributed by atoms with E-state index < -0.39 is 0 Å². The van der Waals surface area contributed by atoms with E-state index in [0.29, 0.717) is 0 Å². The van der Waals surface area contributed by atoms with Crippen LogP contribution in [0.5, 0.6) is 0 Å². The summed E-state index contributed by atoms with van der Waals surface area (Å²) >= 11 is 2.93. The topological polar surface area (TPSA) is 20.3 Å². The number of fused-ring (bicyclic) bond motifs is 1. The van der Waals surface area contributed by atoms with Gasteiger partial charge in [-0.05, 0) is 22.9 Å². The van der Waals surface area contributed by atoms with Crippen LogP contribution in [0, 0.1) is 10.8 Å². The second kappa shape index (κ2) is 3.85. The van der Waals surface area contributed by atoms with Gasteiger partial charge in [0.05, 0.1) is 0 Å². The molecule has 1 amide bonds. The molecule has 0 aromatic heterocycles. The van der Waals surface area contributed by atoms with Gasteiger partial charge in [-0.25, -0.2) is 0 Å². The third-order valence-electron chi connectivity index (χ3n) is 2.29. The number of amides is 1. The van der Waals surface area contributed by atoms with Gasteiger partial charge in [-0.2, -0.15) is 0 Å². The van der Waals surface area contributed by atoms with Crippen LogP contribution in [0.4, 0.5) is 5.69 Å². The Morgan fingerprint density at radius 3 is 3.00 bits per heavy atom. The molecule has 1 aromatic rings. The standard InChI is InChI=1S/C11H8BrNO/c12-7-5-11(14)13-8-6-9-3-1-2-4-10(9)13/h1-4H,6,8H2. The van der Waals surface area contributed by atoms with Crippen LogP contribution in [0.1, 0.15) is 5.56 Å². The van der Waals surface area contributed by atoms with E-state index in [-0.39, 0.29) is 5.91 Å². The van der Waals surface area contributed by atoms with Crippen LogP contribution in [0.3, 0.4) is 0 Å². The molecule has 70 valence electrons. The summed E-state index contributed by atoms with van der Waals surface area (Å²) in [5.41, 5.74) is 2.21. The first-order valence-electron chi connectivity index (χ1n) is 4.34. The Kier molecular flexibility index (Phi) is 2.55. The molecular weight excluding hydrogens is 242 g/mol. The molecule has 2 nitrogen and oxygen atoms in total. The summed E-state index contributed by atoms with van der Waals surface area (Å²) in [5.74, 6) is 2.34. The molecule has 0 radical (unpaired) electrons. The summed E-state index contributed by atoms with van der Waals surface area (Å²) in [4.78, 5) is 15.7. The molecule has 3 heteroatoms. The predicted octanol–water partition coefficient (Wildman–Crippen LogP) is 1.93. The number of hydrogen-bond donors (Lipinski definition) is 0. The molecule has 0 fully saturated rings. The number of para-hydroxylation sites is 1. The molecule has 1 heterocycles. The van der Waals surface area contributed by atoms with Gasteiger partial charge >= 0.3 is 5.91 Å². The molecule has 0 unspecified atom stereocenters. The van der Waals surface area contributed by atoms with Crippen molar-refractivity contribution in [1.29, 1.82) is 0 Å². The van der Waals surface area contributed by atoms with Crippen molar-refractivity contribution in [2.24, 2.45) is 0 Å². The smallest absolute Gasteiger partial charge is 0.301 e. The number of nitrogens with zero attached hydrogens (tertiary/aromatic N) is 1. The van der Waals surface area contributed by atoms with Gasteiger partial charge in [0, 0.05) is 34.1 Å². The molecule has 0 N–H and O–H groups in total. The first-order valence-corrected chi connectivity index (χ1v) is 5.13. The highest BCUT2D eigenvalue weighted by atomic mass is 79.9. The lowest BCUT2D eigenvalue weighted by atomic mass is 10.2. The number of carbonyl (C=O) groups excluding carboxylic acids is 1. The highest BCUT2D eigenvalue weighted by molar-refractivity contribution is 9.12. The average Bonchev–Trinajstić information content (AvgIpc) is 2.61. The number of carbonyl (C=O) groups is 1. The lowest BCUT2D eigenvalue weighted by Crippen LogP contribution is -2.27. The second-order valence-electron chi connectivity index (χ2n) is 3.05. The molecule has 0 bridgehead atoms. The highest BCUT2D eigenvalue weighted by Crippen LogP contribution is 2.27. The maximum Gasteiger partial charge on any atom is 0.303 e. The first kappa shape index (κ1) is 9.29. The molecule has 0 saturated carbocycles. The van der Waals surface area contributed by atoms with Crippen molar-refractivity contribution >= 4 is 27.5 Å². The van der Waals surface area contributed by atoms with Crippen LogP contribution in [0.15, 0.2) is 24.3 Å². The van der Waals surface area contributed by atoms with Gasteiger partial charge in [-0.3, -0.25) is 4.79 Å². The van der Waals surface area contributed by atoms with Crippen molar-refractivity contribution in [2.75, 3.05) is 11.4 Å². The van der Waals surface area contributed by atoms with Crippen LogP contribution in [0.2, 0.25) is 0 Å². The third-order valence-corrected chi connectivity index (χ3v) is 2.48. The third kappa shape index (κ3) is 1.53. The van der Waals surface area contributed by atoms with E-state index in [2.05, 4.69) is 26.7 Å². The maximum atomic E-state index is 11.5. The van der Waals surface area contributed by atoms with E-state index in [0.717, 1.165) is 18.7 Å². The van der Waals surface area contributed by atoms with Gasteiger partial charge in [-0.1, -0.05) is 18.2 Å². The maximum absolute atomic E-state index is 11.5. The zero-order valence-electron chi connectivity index (χ0n) is 7.46. The molecule has 1 aliphatic rings. The first-order chi connectivity index (χ1) is 6.83. The fraction of sp³-hybridized carbons (Fsp3) is 0.182. The predicted molar refractivity (Wildman–Crippen MR) is 59.2 cm³/mol. The van der Waals surface area contributed by atoms with Crippen LogP contribution in [0.25, 0.3) is 0 Å². The van der Waals surface area contributed by atoms with Gasteiger partial charge < -0.3 is 4.90 Å². The van der Waals surface area contributed by atoms with Crippen molar-refractivity contribution < 1.29 is 4.79 Å². The average molecular weight is 250 g/mol. The van der Waals surface area contributed by atoms with Crippen molar-refractivity contribution in [3.05, 3.63) is 29.8 Å². The summed E-state index contributed by atoms with van der Waals surface area (Å²) in [6, 6.07) is 7.93. The molecule has 1 aliphatic heterocycles. The molecule has 0 atom stereocenters. The second-order valence-corrected chi connectivity index (χ2v) is 3.45. The summed E-state index contributed by atoms with van der Waals surface area (Å²) in [6.45, 7) is 0.736. The fourth-order valence-corrected chi connectivity index (χ4v) is 1.83. The van der Waals surface area contributed by atoms with Crippen LogP contribution < -0.4 is 4.90 Å². The summed E-state index contributed by atoms with van der Waals surface area (Å²) < 4.78 is 0. The lowest BCUT2D eigenvalue weighted by molar-refractivity contribution is -0.113. The Morgan fingerprint density at radius 2 is 2.21 bits per heavy atom. The zero-order chi connectivity index (χ0) is 9.97. The van der Waals surface area contributed by atoms with E-state index in [1.807, 2.05) is 24.3 Å². The molecule has 1 aromatic carbocycles. The summed E-state index contributed by atoms with van der Waals surface area (Å²) in [6.07, 6.45) is 0.922. The van der Waals surface area contributed by atoms with Gasteiger partial charge in [0.15, 0.2) is 0 Å². The molecular formula is C11H8BrNO. The Balaban J connectivity index is 2.33. The minimum atomic E-state index is -0.146. The number of halogens is 1. The minimum Gasteiger partial charge on any atom is -0.301 e. The summed E-state index contributed by atoms with van der Waals surface area (Å²) in [5, 5.41) is 0. The molecule has 0 aliphatic carbocycles. The van der Waals surface area contributed by atoms with Gasteiger partial charge in [0.1, 0.15) is 0 Å². The van der Waals surface area contributed by atoms with Gasteiger partial charge in [0.2, 0.25) is 0 Å². The van der Waals surface area contributed by atoms with E-state index >= 15 is 0 Å². The minimum absolute atomic E-state index is 0.146. The van der Waals surface area contributed by atoms with Gasteiger partial charge in [0.25, 0.3) is 0 Å². The normalized spacial score (nSPS) is 13.1. The monoisotopic (exact) mass is 249 g/mol. The quantitative estimate of drug-likeness (QED) is 0.644. The number of hydrogen-bond acceptors (Lipinski definition) is 1. The fourth-order valence-electron chi connectivity index (χ4n) is 1.66. The van der Waals surface area contributed by atoms with E-state index in [4.69, 9.17) is 0 Å². The van der Waals surface area contributed by atoms with E-state index in [1.54, 1.807) is 4.90 Å². The number of rotatable bonds is 0. The van der Waals surface area contributed by atoms with Gasteiger partial charge in [-0.15, -0.1) is 0 Å². The highest BCUT2D eigenvalue weighted by Gasteiger charge is 2.22. The number of benzene rings is 1. The Morgan fingerprint density at radius 1 is 1.43 bits per heavy atom. The molecule has 14 heavy (non-hydrogen) atoms. The zero-order valence-corrected chi connectivity index (χ0v) is 9.04. The molecule has 0 saturated heterocycles.